The van der Waals surface area contributed by atoms with E-state index in [0.717, 1.165) is 21.5 Å². The summed E-state index contributed by atoms with van der Waals surface area (Å²) in [5, 5.41) is 4.30. The fourth-order valence-corrected chi connectivity index (χ4v) is 5.87. The van der Waals surface area contributed by atoms with Gasteiger partial charge in [0.1, 0.15) is 0 Å². The van der Waals surface area contributed by atoms with E-state index in [4.69, 9.17) is 17.2 Å². The molecule has 178 valence electrons. The summed E-state index contributed by atoms with van der Waals surface area (Å²) in [6.45, 7) is 8.79. The predicted octanol–water partition coefficient (Wildman–Crippen LogP) is 7.55. The zero-order chi connectivity index (χ0) is 24.7. The predicted molar refractivity (Wildman–Crippen MR) is 151 cm³/mol. The van der Waals surface area contributed by atoms with Crippen molar-refractivity contribution >= 4 is 38.9 Å². The zero-order valence-corrected chi connectivity index (χ0v) is 22.8. The van der Waals surface area contributed by atoms with Gasteiger partial charge in [0.25, 0.3) is 0 Å². The molecule has 4 nitrogen and oxygen atoms in total. The van der Waals surface area contributed by atoms with Crippen molar-refractivity contribution < 1.29 is 0 Å². The van der Waals surface area contributed by atoms with Crippen LogP contribution < -0.4 is 10.2 Å². The average molecular weight is 546 g/mol. The lowest BCUT2D eigenvalue weighted by Gasteiger charge is -2.28. The molecular formula is C29H29BrN4S. The summed E-state index contributed by atoms with van der Waals surface area (Å²) in [5.74, 6) is 0.480. The lowest BCUT2D eigenvalue weighted by molar-refractivity contribution is 0.565. The highest BCUT2D eigenvalue weighted by atomic mass is 79.9. The van der Waals surface area contributed by atoms with Crippen LogP contribution in [-0.2, 0) is 0 Å². The summed E-state index contributed by atoms with van der Waals surface area (Å²) >= 11 is 9.68. The van der Waals surface area contributed by atoms with Crippen LogP contribution in [0, 0.1) is 13.8 Å². The van der Waals surface area contributed by atoms with Crippen LogP contribution in [0.2, 0.25) is 0 Å². The largest absolute Gasteiger partial charge is 0.351 e. The van der Waals surface area contributed by atoms with Crippen molar-refractivity contribution in [3.63, 3.8) is 0 Å². The SMILES string of the molecule is Cc1cc([C@H]2[C@H](c3ccccn3)NC(=S)N2c2ccc(C(C)C)cc2)c(C)n1-c1ccccc1Br. The zero-order valence-electron chi connectivity index (χ0n) is 20.4. The minimum Gasteiger partial charge on any atom is -0.351 e. The van der Waals surface area contributed by atoms with Gasteiger partial charge in [-0.3, -0.25) is 4.98 Å². The second-order valence-corrected chi connectivity index (χ2v) is 10.6. The van der Waals surface area contributed by atoms with Crippen LogP contribution in [0.25, 0.3) is 5.69 Å². The number of anilines is 1. The maximum Gasteiger partial charge on any atom is 0.174 e. The molecule has 4 aromatic rings. The fourth-order valence-electron chi connectivity index (χ4n) is 5.06. The summed E-state index contributed by atoms with van der Waals surface area (Å²) in [6, 6.07) is 25.4. The number of benzene rings is 2. The van der Waals surface area contributed by atoms with Crippen molar-refractivity contribution in [3.8, 4) is 5.69 Å². The van der Waals surface area contributed by atoms with Crippen molar-refractivity contribution in [3.05, 3.63) is 112 Å². The van der Waals surface area contributed by atoms with E-state index in [-0.39, 0.29) is 12.1 Å². The summed E-state index contributed by atoms with van der Waals surface area (Å²) in [4.78, 5) is 6.96. The van der Waals surface area contributed by atoms with Gasteiger partial charge in [-0.2, -0.15) is 0 Å². The van der Waals surface area contributed by atoms with Gasteiger partial charge in [0.2, 0.25) is 0 Å². The molecule has 6 heteroatoms. The maximum absolute atomic E-state index is 5.93. The molecular weight excluding hydrogens is 516 g/mol. The fraction of sp³-hybridized carbons (Fsp3) is 0.241. The van der Waals surface area contributed by atoms with Gasteiger partial charge >= 0.3 is 0 Å². The van der Waals surface area contributed by atoms with Crippen molar-refractivity contribution in [1.29, 1.82) is 0 Å². The van der Waals surface area contributed by atoms with Crippen LogP contribution in [0.5, 0.6) is 0 Å². The highest BCUT2D eigenvalue weighted by Crippen LogP contribution is 2.44. The number of hydrogen-bond donors (Lipinski definition) is 1. The molecule has 3 heterocycles. The Hall–Kier alpha value is -2.96. The molecule has 1 aliphatic heterocycles. The highest BCUT2D eigenvalue weighted by molar-refractivity contribution is 9.10. The molecule has 2 atom stereocenters. The Morgan fingerprint density at radius 2 is 1.69 bits per heavy atom. The van der Waals surface area contributed by atoms with Crippen molar-refractivity contribution in [1.82, 2.24) is 14.9 Å². The molecule has 0 amide bonds. The number of nitrogens with one attached hydrogen (secondary N) is 1. The van der Waals surface area contributed by atoms with Gasteiger partial charge in [0.15, 0.2) is 5.11 Å². The monoisotopic (exact) mass is 544 g/mol. The normalized spacial score (nSPS) is 17.8. The van der Waals surface area contributed by atoms with Gasteiger partial charge < -0.3 is 14.8 Å². The summed E-state index contributed by atoms with van der Waals surface area (Å²) in [5.41, 5.74) is 8.11. The number of aromatic nitrogens is 2. The Morgan fingerprint density at radius 1 is 0.971 bits per heavy atom. The Kier molecular flexibility index (Phi) is 6.51. The van der Waals surface area contributed by atoms with E-state index in [1.54, 1.807) is 0 Å². The third kappa shape index (κ3) is 4.30. The van der Waals surface area contributed by atoms with E-state index in [0.29, 0.717) is 11.0 Å². The minimum atomic E-state index is -0.0679. The molecule has 0 aliphatic carbocycles. The summed E-state index contributed by atoms with van der Waals surface area (Å²) in [6.07, 6.45) is 1.85. The molecule has 0 unspecified atom stereocenters. The second-order valence-electron chi connectivity index (χ2n) is 9.36. The molecule has 5 rings (SSSR count). The molecule has 0 spiro atoms. The number of rotatable bonds is 5. The molecule has 35 heavy (non-hydrogen) atoms. The van der Waals surface area contributed by atoms with Crippen molar-refractivity contribution in [2.24, 2.45) is 0 Å². The van der Waals surface area contributed by atoms with E-state index in [2.05, 4.69) is 113 Å². The van der Waals surface area contributed by atoms with E-state index in [1.807, 2.05) is 24.4 Å². The van der Waals surface area contributed by atoms with Gasteiger partial charge in [-0.15, -0.1) is 0 Å². The van der Waals surface area contributed by atoms with E-state index in [1.165, 1.54) is 22.5 Å². The number of thiocarbonyl (C=S) groups is 1. The van der Waals surface area contributed by atoms with Crippen LogP contribution in [-0.4, -0.2) is 14.7 Å². The van der Waals surface area contributed by atoms with Crippen LogP contribution in [0.1, 0.15) is 60.1 Å². The molecule has 1 N–H and O–H groups in total. The van der Waals surface area contributed by atoms with Gasteiger partial charge in [-0.05, 0) is 102 Å². The van der Waals surface area contributed by atoms with Crippen LogP contribution in [0.4, 0.5) is 5.69 Å². The van der Waals surface area contributed by atoms with Crippen molar-refractivity contribution in [2.75, 3.05) is 4.90 Å². The number of para-hydroxylation sites is 1. The summed E-state index contributed by atoms with van der Waals surface area (Å²) in [7, 11) is 0. The van der Waals surface area contributed by atoms with E-state index >= 15 is 0 Å². The van der Waals surface area contributed by atoms with Crippen molar-refractivity contribution in [2.45, 2.75) is 45.7 Å². The third-order valence-electron chi connectivity index (χ3n) is 6.82. The van der Waals surface area contributed by atoms with Gasteiger partial charge in [-0.25, -0.2) is 0 Å². The van der Waals surface area contributed by atoms with Crippen LogP contribution in [0.15, 0.2) is 83.5 Å². The third-order valence-corrected chi connectivity index (χ3v) is 7.80. The Morgan fingerprint density at radius 3 is 2.34 bits per heavy atom. The first kappa shape index (κ1) is 23.8. The van der Waals surface area contributed by atoms with E-state index in [9.17, 15) is 0 Å². The van der Waals surface area contributed by atoms with Gasteiger partial charge in [-0.1, -0.05) is 44.2 Å². The number of nitrogens with zero attached hydrogens (tertiary/aromatic N) is 3. The van der Waals surface area contributed by atoms with E-state index < -0.39 is 0 Å². The second kappa shape index (κ2) is 9.59. The Labute approximate surface area is 221 Å². The average Bonchev–Trinajstić information content (AvgIpc) is 3.35. The number of pyridine rings is 1. The summed E-state index contributed by atoms with van der Waals surface area (Å²) < 4.78 is 3.38. The van der Waals surface area contributed by atoms with Crippen LogP contribution in [0.3, 0.4) is 0 Å². The molecule has 0 radical (unpaired) electrons. The Balaban J connectivity index is 1.67. The molecule has 2 aromatic carbocycles. The molecule has 1 fully saturated rings. The first-order valence-corrected chi connectivity index (χ1v) is 13.1. The number of hydrogen-bond acceptors (Lipinski definition) is 2. The lowest BCUT2D eigenvalue weighted by atomic mass is 9.96. The first-order chi connectivity index (χ1) is 16.9. The molecule has 1 saturated heterocycles. The first-order valence-electron chi connectivity index (χ1n) is 11.9. The maximum atomic E-state index is 5.93. The highest BCUT2D eigenvalue weighted by Gasteiger charge is 2.42. The topological polar surface area (TPSA) is 33.1 Å². The number of halogens is 1. The van der Waals surface area contributed by atoms with Gasteiger partial charge in [0.05, 0.1) is 23.5 Å². The molecule has 2 aromatic heterocycles. The molecule has 1 aliphatic rings. The Bertz CT molecular complexity index is 1360. The number of aryl methyl sites for hydroxylation is 1. The minimum absolute atomic E-state index is 0.0373. The molecule has 0 saturated carbocycles. The smallest absolute Gasteiger partial charge is 0.174 e. The molecule has 0 bridgehead atoms. The lowest BCUT2D eigenvalue weighted by Crippen LogP contribution is -2.29. The standard InChI is InChI=1S/C29H29BrN4S/c1-18(2)21-12-14-22(15-13-21)34-28(27(32-29(34)35)25-10-7-8-16-31-25)23-17-19(3)33(20(23)4)26-11-6-5-9-24(26)30/h5-18,27-28H,1-4H3,(H,32,35)/t27-,28-/m0/s1. The van der Waals surface area contributed by atoms with Gasteiger partial charge in [0, 0.05) is 27.7 Å². The quantitative estimate of drug-likeness (QED) is 0.263. The van der Waals surface area contributed by atoms with Crippen LogP contribution >= 0.6 is 28.1 Å².